The first kappa shape index (κ1) is 10.5. The summed E-state index contributed by atoms with van der Waals surface area (Å²) >= 11 is 7.50. The molecule has 0 saturated heterocycles. The Balaban J connectivity index is 2.44. The summed E-state index contributed by atoms with van der Waals surface area (Å²) in [5.74, 6) is 0. The zero-order valence-electron chi connectivity index (χ0n) is 8.54. The molecule has 0 unspecified atom stereocenters. The Hall–Kier alpha value is -1.06. The number of aromatic nitrogens is 1. The smallest absolute Gasteiger partial charge is 0.183 e. The third-order valence-electron chi connectivity index (χ3n) is 2.12. The molecule has 0 aliphatic heterocycles. The molecule has 4 heteroatoms. The van der Waals surface area contributed by atoms with Crippen molar-refractivity contribution in [2.75, 3.05) is 12.4 Å². The van der Waals surface area contributed by atoms with E-state index in [1.807, 2.05) is 38.2 Å². The van der Waals surface area contributed by atoms with Crippen molar-refractivity contribution in [1.82, 2.24) is 4.98 Å². The van der Waals surface area contributed by atoms with Gasteiger partial charge in [0.25, 0.3) is 0 Å². The van der Waals surface area contributed by atoms with Crippen LogP contribution in [0.2, 0.25) is 5.02 Å². The van der Waals surface area contributed by atoms with Gasteiger partial charge in [0.1, 0.15) is 0 Å². The lowest BCUT2D eigenvalue weighted by Crippen LogP contribution is -1.84. The van der Waals surface area contributed by atoms with Gasteiger partial charge in [-0.05, 0) is 24.6 Å². The second-order valence-electron chi connectivity index (χ2n) is 3.19. The molecule has 0 fully saturated rings. The first-order valence-electron chi connectivity index (χ1n) is 4.62. The molecule has 1 N–H and O–H groups in total. The summed E-state index contributed by atoms with van der Waals surface area (Å²) in [5, 5.41) is 4.75. The normalized spacial score (nSPS) is 10.3. The molecule has 0 atom stereocenters. The van der Waals surface area contributed by atoms with E-state index in [9.17, 15) is 0 Å². The highest BCUT2D eigenvalue weighted by Crippen LogP contribution is 2.32. The molecule has 1 aromatic carbocycles. The maximum Gasteiger partial charge on any atom is 0.183 e. The summed E-state index contributed by atoms with van der Waals surface area (Å²) in [4.78, 5) is 5.59. The summed E-state index contributed by atoms with van der Waals surface area (Å²) in [7, 11) is 1.88. The van der Waals surface area contributed by atoms with Crippen LogP contribution in [0.4, 0.5) is 5.13 Å². The van der Waals surface area contributed by atoms with Crippen molar-refractivity contribution in [2.24, 2.45) is 0 Å². The first-order chi connectivity index (χ1) is 7.20. The molecule has 0 aliphatic rings. The van der Waals surface area contributed by atoms with Gasteiger partial charge in [0.15, 0.2) is 5.13 Å². The Bertz CT molecular complexity index is 462. The Morgan fingerprint density at radius 1 is 1.27 bits per heavy atom. The van der Waals surface area contributed by atoms with E-state index < -0.39 is 0 Å². The number of aryl methyl sites for hydroxylation is 1. The van der Waals surface area contributed by atoms with Crippen LogP contribution in [0.3, 0.4) is 0 Å². The zero-order valence-corrected chi connectivity index (χ0v) is 10.1. The van der Waals surface area contributed by atoms with Crippen LogP contribution in [0, 0.1) is 6.92 Å². The average Bonchev–Trinajstić information content (AvgIpc) is 2.61. The number of thiazole rings is 1. The van der Waals surface area contributed by atoms with E-state index in [1.54, 1.807) is 11.3 Å². The van der Waals surface area contributed by atoms with Gasteiger partial charge in [-0.2, -0.15) is 0 Å². The number of hydrogen-bond acceptors (Lipinski definition) is 3. The van der Waals surface area contributed by atoms with Crippen molar-refractivity contribution in [1.29, 1.82) is 0 Å². The molecular weight excluding hydrogens is 228 g/mol. The SMILES string of the molecule is CNc1nc(C)c(-c2ccc(Cl)cc2)s1. The monoisotopic (exact) mass is 238 g/mol. The third-order valence-corrected chi connectivity index (χ3v) is 3.59. The van der Waals surface area contributed by atoms with Crippen molar-refractivity contribution >= 4 is 28.1 Å². The maximum absolute atomic E-state index is 5.85. The lowest BCUT2D eigenvalue weighted by Gasteiger charge is -1.97. The summed E-state index contributed by atoms with van der Waals surface area (Å²) < 4.78 is 0. The van der Waals surface area contributed by atoms with Gasteiger partial charge in [0.2, 0.25) is 0 Å². The minimum atomic E-state index is 0.759. The molecule has 2 nitrogen and oxygen atoms in total. The highest BCUT2D eigenvalue weighted by Gasteiger charge is 2.08. The first-order valence-corrected chi connectivity index (χ1v) is 5.81. The van der Waals surface area contributed by atoms with Crippen molar-refractivity contribution in [3.63, 3.8) is 0 Å². The van der Waals surface area contributed by atoms with Gasteiger partial charge in [-0.3, -0.25) is 0 Å². The van der Waals surface area contributed by atoms with Gasteiger partial charge in [-0.1, -0.05) is 35.1 Å². The minimum Gasteiger partial charge on any atom is -0.365 e. The fourth-order valence-corrected chi connectivity index (χ4v) is 2.42. The largest absolute Gasteiger partial charge is 0.365 e. The highest BCUT2D eigenvalue weighted by molar-refractivity contribution is 7.19. The number of halogens is 1. The molecule has 0 saturated carbocycles. The topological polar surface area (TPSA) is 24.9 Å². The molecule has 0 amide bonds. The summed E-state index contributed by atoms with van der Waals surface area (Å²) in [6.07, 6.45) is 0. The van der Waals surface area contributed by atoms with Crippen molar-refractivity contribution in [2.45, 2.75) is 6.92 Å². The Morgan fingerprint density at radius 2 is 1.93 bits per heavy atom. The van der Waals surface area contributed by atoms with Crippen LogP contribution in [-0.4, -0.2) is 12.0 Å². The average molecular weight is 239 g/mol. The van der Waals surface area contributed by atoms with Crippen LogP contribution in [0.25, 0.3) is 10.4 Å². The molecular formula is C11H11ClN2S. The standard InChI is InChI=1S/C11H11ClN2S/c1-7-10(15-11(13-2)14-7)8-3-5-9(12)6-4-8/h3-6H,1-2H3,(H,13,14). The van der Waals surface area contributed by atoms with Gasteiger partial charge < -0.3 is 5.32 Å². The zero-order chi connectivity index (χ0) is 10.8. The molecule has 2 aromatic rings. The third kappa shape index (κ3) is 2.13. The number of nitrogens with zero attached hydrogens (tertiary/aromatic N) is 1. The van der Waals surface area contributed by atoms with Crippen molar-refractivity contribution in [3.8, 4) is 10.4 Å². The van der Waals surface area contributed by atoms with Gasteiger partial charge in [-0.25, -0.2) is 4.98 Å². The summed E-state index contributed by atoms with van der Waals surface area (Å²) in [5.41, 5.74) is 2.21. The van der Waals surface area contributed by atoms with E-state index in [0.29, 0.717) is 0 Å². The van der Waals surface area contributed by atoms with Crippen LogP contribution in [-0.2, 0) is 0 Å². The second kappa shape index (κ2) is 4.21. The Morgan fingerprint density at radius 3 is 2.47 bits per heavy atom. The fraction of sp³-hybridized carbons (Fsp3) is 0.182. The summed E-state index contributed by atoms with van der Waals surface area (Å²) in [6, 6.07) is 7.83. The van der Waals surface area contributed by atoms with E-state index in [4.69, 9.17) is 11.6 Å². The molecule has 0 aliphatic carbocycles. The highest BCUT2D eigenvalue weighted by atomic mass is 35.5. The van der Waals surface area contributed by atoms with E-state index >= 15 is 0 Å². The molecule has 0 spiro atoms. The van der Waals surface area contributed by atoms with E-state index in [0.717, 1.165) is 21.4 Å². The molecule has 0 radical (unpaired) electrons. The quantitative estimate of drug-likeness (QED) is 0.861. The molecule has 1 aromatic heterocycles. The van der Waals surface area contributed by atoms with Crippen LogP contribution < -0.4 is 5.32 Å². The van der Waals surface area contributed by atoms with Gasteiger partial charge in [-0.15, -0.1) is 0 Å². The van der Waals surface area contributed by atoms with E-state index in [-0.39, 0.29) is 0 Å². The van der Waals surface area contributed by atoms with Crippen LogP contribution in [0.5, 0.6) is 0 Å². The number of rotatable bonds is 2. The number of nitrogens with one attached hydrogen (secondary N) is 1. The molecule has 15 heavy (non-hydrogen) atoms. The molecule has 78 valence electrons. The second-order valence-corrected chi connectivity index (χ2v) is 4.63. The maximum atomic E-state index is 5.85. The lowest BCUT2D eigenvalue weighted by molar-refractivity contribution is 1.25. The summed E-state index contributed by atoms with van der Waals surface area (Å²) in [6.45, 7) is 2.02. The molecule has 1 heterocycles. The van der Waals surface area contributed by atoms with Gasteiger partial charge in [0, 0.05) is 12.1 Å². The number of hydrogen-bond donors (Lipinski definition) is 1. The van der Waals surface area contributed by atoms with Crippen LogP contribution in [0.15, 0.2) is 24.3 Å². The molecule has 0 bridgehead atoms. The van der Waals surface area contributed by atoms with E-state index in [1.165, 1.54) is 4.88 Å². The predicted molar refractivity (Wildman–Crippen MR) is 66.8 cm³/mol. The van der Waals surface area contributed by atoms with Gasteiger partial charge >= 0.3 is 0 Å². The van der Waals surface area contributed by atoms with Gasteiger partial charge in [0.05, 0.1) is 10.6 Å². The fourth-order valence-electron chi connectivity index (χ4n) is 1.37. The van der Waals surface area contributed by atoms with Crippen LogP contribution >= 0.6 is 22.9 Å². The van der Waals surface area contributed by atoms with Crippen LogP contribution in [0.1, 0.15) is 5.69 Å². The number of anilines is 1. The Labute approximate surface area is 97.9 Å². The molecule has 2 rings (SSSR count). The predicted octanol–water partition coefficient (Wildman–Crippen LogP) is 3.81. The lowest BCUT2D eigenvalue weighted by atomic mass is 10.2. The number of benzene rings is 1. The minimum absolute atomic E-state index is 0.759. The van der Waals surface area contributed by atoms with E-state index in [2.05, 4.69) is 10.3 Å². The Kier molecular flexibility index (Phi) is 2.93. The van der Waals surface area contributed by atoms with Crippen molar-refractivity contribution < 1.29 is 0 Å². The van der Waals surface area contributed by atoms with Crippen molar-refractivity contribution in [3.05, 3.63) is 35.0 Å².